The van der Waals surface area contributed by atoms with Gasteiger partial charge in [-0.1, -0.05) is 12.1 Å². The molecule has 1 atom stereocenters. The molecule has 1 heterocycles. The van der Waals surface area contributed by atoms with E-state index in [1.807, 2.05) is 0 Å². The molecule has 1 aromatic carbocycles. The van der Waals surface area contributed by atoms with Gasteiger partial charge in [0.15, 0.2) is 17.4 Å². The largest absolute Gasteiger partial charge is 0.318 e. The summed E-state index contributed by atoms with van der Waals surface area (Å²) < 4.78 is 28.0. The third kappa shape index (κ3) is 2.85. The van der Waals surface area contributed by atoms with Crippen molar-refractivity contribution in [3.05, 3.63) is 53.4 Å². The fourth-order valence-electron chi connectivity index (χ4n) is 1.77. The van der Waals surface area contributed by atoms with E-state index in [1.54, 1.807) is 13.2 Å². The number of aryl methyl sites for hydroxylation is 1. The quantitative estimate of drug-likeness (QED) is 0.911. The molecule has 2 aromatic rings. The molecule has 0 saturated heterocycles. The molecule has 2 N–H and O–H groups in total. The minimum absolute atomic E-state index is 0.00402. The lowest BCUT2D eigenvalue weighted by Gasteiger charge is -2.09. The molecule has 19 heavy (non-hydrogen) atoms. The van der Waals surface area contributed by atoms with Crippen LogP contribution >= 0.6 is 0 Å². The van der Waals surface area contributed by atoms with Crippen molar-refractivity contribution < 1.29 is 13.6 Å². The van der Waals surface area contributed by atoms with Crippen LogP contribution in [-0.2, 0) is 18.3 Å². The van der Waals surface area contributed by atoms with E-state index in [4.69, 9.17) is 5.73 Å². The number of benzene rings is 1. The predicted molar refractivity (Wildman–Crippen MR) is 65.2 cm³/mol. The number of nitrogens with two attached hydrogens (primary N) is 1. The van der Waals surface area contributed by atoms with Crippen molar-refractivity contribution in [2.24, 2.45) is 12.8 Å². The Balaban J connectivity index is 2.15. The number of ketones is 1. The minimum atomic E-state index is -1.01. The number of carbonyl (C=O) groups excluding carboxylic acids is 1. The molecule has 1 unspecified atom stereocenters. The Labute approximate surface area is 108 Å². The zero-order valence-electron chi connectivity index (χ0n) is 10.3. The standard InChI is InChI=1S/C13H13F2N3O/c1-18-7-9(6-17-18)13(16)11(19)5-8-3-2-4-10(14)12(8)15/h2-4,6-7,13H,5,16H2,1H3. The minimum Gasteiger partial charge on any atom is -0.318 e. The molecule has 0 spiro atoms. The van der Waals surface area contributed by atoms with Crippen LogP contribution in [0.15, 0.2) is 30.6 Å². The number of hydrogen-bond acceptors (Lipinski definition) is 3. The van der Waals surface area contributed by atoms with Crippen LogP contribution < -0.4 is 5.73 Å². The van der Waals surface area contributed by atoms with Crippen molar-refractivity contribution >= 4 is 5.78 Å². The molecule has 0 aliphatic carbocycles. The molecule has 2 rings (SSSR count). The van der Waals surface area contributed by atoms with Crippen LogP contribution in [0.1, 0.15) is 17.2 Å². The zero-order valence-corrected chi connectivity index (χ0v) is 10.3. The number of hydrogen-bond donors (Lipinski definition) is 1. The first-order valence-corrected chi connectivity index (χ1v) is 5.68. The van der Waals surface area contributed by atoms with Crippen molar-refractivity contribution in [2.75, 3.05) is 0 Å². The lowest BCUT2D eigenvalue weighted by Crippen LogP contribution is -2.23. The lowest BCUT2D eigenvalue weighted by molar-refractivity contribution is -0.119. The lowest BCUT2D eigenvalue weighted by atomic mass is 10.0. The summed E-state index contributed by atoms with van der Waals surface area (Å²) in [6.07, 6.45) is 2.84. The van der Waals surface area contributed by atoms with Crippen molar-refractivity contribution in [3.8, 4) is 0 Å². The highest BCUT2D eigenvalue weighted by molar-refractivity contribution is 5.86. The van der Waals surface area contributed by atoms with E-state index in [0.29, 0.717) is 5.56 Å². The maximum Gasteiger partial charge on any atom is 0.162 e. The van der Waals surface area contributed by atoms with Gasteiger partial charge >= 0.3 is 0 Å². The predicted octanol–water partition coefficient (Wildman–Crippen LogP) is 1.51. The molecular weight excluding hydrogens is 252 g/mol. The van der Waals surface area contributed by atoms with Gasteiger partial charge in [0.1, 0.15) is 0 Å². The van der Waals surface area contributed by atoms with Crippen LogP contribution in [0.5, 0.6) is 0 Å². The Morgan fingerprint density at radius 3 is 2.84 bits per heavy atom. The second kappa shape index (κ2) is 5.27. The molecule has 4 nitrogen and oxygen atoms in total. The molecule has 6 heteroatoms. The first kappa shape index (κ1) is 13.4. The Bertz CT molecular complexity index is 610. The van der Waals surface area contributed by atoms with E-state index in [9.17, 15) is 13.6 Å². The zero-order chi connectivity index (χ0) is 14.0. The monoisotopic (exact) mass is 265 g/mol. The van der Waals surface area contributed by atoms with Gasteiger partial charge in [-0.05, 0) is 11.6 Å². The van der Waals surface area contributed by atoms with E-state index in [-0.39, 0.29) is 12.0 Å². The van der Waals surface area contributed by atoms with Gasteiger partial charge in [0, 0.05) is 25.2 Å². The number of halogens is 2. The van der Waals surface area contributed by atoms with Crippen LogP contribution in [0, 0.1) is 11.6 Å². The first-order chi connectivity index (χ1) is 8.99. The molecule has 0 aliphatic heterocycles. The second-order valence-electron chi connectivity index (χ2n) is 4.28. The Hall–Kier alpha value is -2.08. The molecule has 100 valence electrons. The highest BCUT2D eigenvalue weighted by Crippen LogP contribution is 2.16. The Kier molecular flexibility index (Phi) is 3.71. The summed E-state index contributed by atoms with van der Waals surface area (Å²) in [6.45, 7) is 0. The van der Waals surface area contributed by atoms with Gasteiger partial charge in [-0.2, -0.15) is 5.10 Å². The molecule has 0 bridgehead atoms. The van der Waals surface area contributed by atoms with Crippen molar-refractivity contribution in [1.29, 1.82) is 0 Å². The number of rotatable bonds is 4. The molecule has 1 aromatic heterocycles. The van der Waals surface area contributed by atoms with Crippen LogP contribution in [0.25, 0.3) is 0 Å². The van der Waals surface area contributed by atoms with Gasteiger partial charge in [0.05, 0.1) is 12.2 Å². The van der Waals surface area contributed by atoms with E-state index in [0.717, 1.165) is 6.07 Å². The normalized spacial score (nSPS) is 12.4. The van der Waals surface area contributed by atoms with E-state index in [1.165, 1.54) is 23.0 Å². The van der Waals surface area contributed by atoms with Gasteiger partial charge < -0.3 is 5.73 Å². The maximum absolute atomic E-state index is 13.4. The fourth-order valence-corrected chi connectivity index (χ4v) is 1.77. The molecule has 0 fully saturated rings. The molecule has 0 aliphatic rings. The third-order valence-corrected chi connectivity index (χ3v) is 2.83. The van der Waals surface area contributed by atoms with Crippen LogP contribution in [-0.4, -0.2) is 15.6 Å². The highest BCUT2D eigenvalue weighted by Gasteiger charge is 2.19. The Morgan fingerprint density at radius 1 is 1.47 bits per heavy atom. The van der Waals surface area contributed by atoms with Gasteiger partial charge in [-0.3, -0.25) is 9.48 Å². The van der Waals surface area contributed by atoms with Gasteiger partial charge in [-0.25, -0.2) is 8.78 Å². The van der Waals surface area contributed by atoms with Gasteiger partial charge in [0.2, 0.25) is 0 Å². The Morgan fingerprint density at radius 2 is 2.21 bits per heavy atom. The van der Waals surface area contributed by atoms with Gasteiger partial charge in [-0.15, -0.1) is 0 Å². The van der Waals surface area contributed by atoms with Crippen LogP contribution in [0.4, 0.5) is 8.78 Å². The number of Topliss-reactive ketones (excluding diaryl/α,β-unsaturated/α-hetero) is 1. The molecular formula is C13H13F2N3O. The smallest absolute Gasteiger partial charge is 0.162 e. The van der Waals surface area contributed by atoms with E-state index < -0.39 is 23.5 Å². The maximum atomic E-state index is 13.4. The summed E-state index contributed by atoms with van der Waals surface area (Å²) in [6, 6.07) is 2.84. The van der Waals surface area contributed by atoms with Gasteiger partial charge in [0.25, 0.3) is 0 Å². The average Bonchev–Trinajstić information content (AvgIpc) is 2.80. The van der Waals surface area contributed by atoms with Crippen molar-refractivity contribution in [2.45, 2.75) is 12.5 Å². The average molecular weight is 265 g/mol. The van der Waals surface area contributed by atoms with Crippen LogP contribution in [0.2, 0.25) is 0 Å². The first-order valence-electron chi connectivity index (χ1n) is 5.68. The summed E-state index contributed by atoms with van der Waals surface area (Å²) >= 11 is 0. The SMILES string of the molecule is Cn1cc(C(N)C(=O)Cc2cccc(F)c2F)cn1. The second-order valence-corrected chi connectivity index (χ2v) is 4.28. The van der Waals surface area contributed by atoms with E-state index >= 15 is 0 Å². The summed E-state index contributed by atoms with van der Waals surface area (Å²) in [7, 11) is 1.70. The van der Waals surface area contributed by atoms with Crippen LogP contribution in [0.3, 0.4) is 0 Å². The molecule has 0 saturated carbocycles. The highest BCUT2D eigenvalue weighted by atomic mass is 19.2. The third-order valence-electron chi connectivity index (χ3n) is 2.83. The number of carbonyl (C=O) groups is 1. The van der Waals surface area contributed by atoms with Crippen molar-refractivity contribution in [3.63, 3.8) is 0 Å². The van der Waals surface area contributed by atoms with Crippen molar-refractivity contribution in [1.82, 2.24) is 9.78 Å². The summed E-state index contributed by atoms with van der Waals surface area (Å²) in [5.74, 6) is -2.37. The summed E-state index contributed by atoms with van der Waals surface area (Å²) in [5.41, 5.74) is 6.32. The van der Waals surface area contributed by atoms with E-state index in [2.05, 4.69) is 5.10 Å². The molecule has 0 amide bonds. The topological polar surface area (TPSA) is 60.9 Å². The fraction of sp³-hybridized carbons (Fsp3) is 0.231. The molecule has 0 radical (unpaired) electrons. The number of nitrogens with zero attached hydrogens (tertiary/aromatic N) is 2. The summed E-state index contributed by atoms with van der Waals surface area (Å²) in [4.78, 5) is 11.9. The number of aromatic nitrogens is 2. The summed E-state index contributed by atoms with van der Waals surface area (Å²) in [5, 5.41) is 3.91.